The summed E-state index contributed by atoms with van der Waals surface area (Å²) in [4.78, 5) is 4.56. The van der Waals surface area contributed by atoms with Gasteiger partial charge in [0.1, 0.15) is 5.82 Å². The van der Waals surface area contributed by atoms with E-state index in [1.807, 2.05) is 6.20 Å². The summed E-state index contributed by atoms with van der Waals surface area (Å²) in [5.74, 6) is 1.02. The second-order valence-electron chi connectivity index (χ2n) is 6.45. The topological polar surface area (TPSA) is 24.9 Å². The van der Waals surface area contributed by atoms with E-state index < -0.39 is 0 Å². The van der Waals surface area contributed by atoms with E-state index in [1.165, 1.54) is 37.7 Å². The molecule has 0 aliphatic rings. The van der Waals surface area contributed by atoms with Crippen LogP contribution in [0.4, 0.5) is 5.82 Å². The van der Waals surface area contributed by atoms with Gasteiger partial charge in [-0.3, -0.25) is 0 Å². The van der Waals surface area contributed by atoms with Crippen molar-refractivity contribution >= 4 is 5.82 Å². The Morgan fingerprint density at radius 2 is 1.84 bits per heavy atom. The number of aromatic nitrogens is 1. The second-order valence-corrected chi connectivity index (χ2v) is 6.45. The average Bonchev–Trinajstić information content (AvgIpc) is 2.36. The first-order valence-electron chi connectivity index (χ1n) is 7.70. The minimum atomic E-state index is 0.177. The van der Waals surface area contributed by atoms with Gasteiger partial charge in [-0.2, -0.15) is 0 Å². The van der Waals surface area contributed by atoms with Gasteiger partial charge in [0.25, 0.3) is 0 Å². The van der Waals surface area contributed by atoms with Crippen molar-refractivity contribution in [1.82, 2.24) is 4.98 Å². The van der Waals surface area contributed by atoms with Crippen LogP contribution in [0.3, 0.4) is 0 Å². The maximum Gasteiger partial charge on any atom is 0.126 e. The van der Waals surface area contributed by atoms with Gasteiger partial charge >= 0.3 is 0 Å². The van der Waals surface area contributed by atoms with E-state index in [1.54, 1.807) is 0 Å². The number of unbranched alkanes of at least 4 members (excludes halogenated alkanes) is 1. The standard InChI is InChI=1S/C17H30N2/c1-6-8-10-15(9-7-2)19-16-12-11-14(13-18-16)17(3,4)5/h11-13,15H,6-10H2,1-5H3,(H,18,19). The molecule has 0 saturated heterocycles. The number of rotatable bonds is 7. The molecule has 1 N–H and O–H groups in total. The van der Waals surface area contributed by atoms with Crippen molar-refractivity contribution in [2.24, 2.45) is 0 Å². The largest absolute Gasteiger partial charge is 0.367 e. The third kappa shape index (κ3) is 5.63. The van der Waals surface area contributed by atoms with E-state index in [4.69, 9.17) is 0 Å². The molecule has 1 unspecified atom stereocenters. The lowest BCUT2D eigenvalue weighted by Gasteiger charge is -2.21. The van der Waals surface area contributed by atoms with Gasteiger partial charge in [-0.05, 0) is 29.9 Å². The number of anilines is 1. The van der Waals surface area contributed by atoms with Crippen molar-refractivity contribution < 1.29 is 0 Å². The van der Waals surface area contributed by atoms with Gasteiger partial charge in [0.15, 0.2) is 0 Å². The summed E-state index contributed by atoms with van der Waals surface area (Å²) in [7, 11) is 0. The molecule has 19 heavy (non-hydrogen) atoms. The molecule has 0 aliphatic heterocycles. The molecule has 108 valence electrons. The Hall–Kier alpha value is -1.05. The molecule has 1 rings (SSSR count). The van der Waals surface area contributed by atoms with Gasteiger partial charge < -0.3 is 5.32 Å². The average molecular weight is 262 g/mol. The normalized spacial score (nSPS) is 13.3. The zero-order valence-electron chi connectivity index (χ0n) is 13.3. The number of hydrogen-bond donors (Lipinski definition) is 1. The number of pyridine rings is 1. The maximum absolute atomic E-state index is 4.56. The molecule has 0 amide bonds. The SMILES string of the molecule is CCCCC(CCC)Nc1ccc(C(C)(C)C)cn1. The molecule has 0 saturated carbocycles. The predicted octanol–water partition coefficient (Wildman–Crippen LogP) is 5.15. The van der Waals surface area contributed by atoms with Gasteiger partial charge in [-0.1, -0.05) is 59.9 Å². The zero-order chi connectivity index (χ0) is 14.3. The molecule has 0 fully saturated rings. The molecule has 1 heterocycles. The first-order valence-corrected chi connectivity index (χ1v) is 7.70. The van der Waals surface area contributed by atoms with E-state index in [0.29, 0.717) is 6.04 Å². The minimum absolute atomic E-state index is 0.177. The molecule has 0 radical (unpaired) electrons. The highest BCUT2D eigenvalue weighted by molar-refractivity contribution is 5.38. The van der Waals surface area contributed by atoms with Gasteiger partial charge in [-0.25, -0.2) is 4.98 Å². The van der Waals surface area contributed by atoms with Crippen LogP contribution < -0.4 is 5.32 Å². The van der Waals surface area contributed by atoms with Crippen LogP contribution in [0.2, 0.25) is 0 Å². The molecule has 1 aromatic heterocycles. The van der Waals surface area contributed by atoms with Crippen molar-refractivity contribution in [2.45, 2.75) is 78.2 Å². The van der Waals surface area contributed by atoms with Crippen LogP contribution in [0.25, 0.3) is 0 Å². The molecule has 2 nitrogen and oxygen atoms in total. The van der Waals surface area contributed by atoms with Crippen molar-refractivity contribution in [2.75, 3.05) is 5.32 Å². The highest BCUT2D eigenvalue weighted by Gasteiger charge is 2.14. The summed E-state index contributed by atoms with van der Waals surface area (Å²) < 4.78 is 0. The smallest absolute Gasteiger partial charge is 0.126 e. The summed E-state index contributed by atoms with van der Waals surface area (Å²) in [6.45, 7) is 11.2. The fraction of sp³-hybridized carbons (Fsp3) is 0.706. The lowest BCUT2D eigenvalue weighted by molar-refractivity contribution is 0.562. The minimum Gasteiger partial charge on any atom is -0.367 e. The van der Waals surface area contributed by atoms with Crippen LogP contribution in [-0.2, 0) is 5.41 Å². The molecular weight excluding hydrogens is 232 g/mol. The van der Waals surface area contributed by atoms with E-state index in [0.717, 1.165) is 5.82 Å². The summed E-state index contributed by atoms with van der Waals surface area (Å²) in [5, 5.41) is 3.58. The number of nitrogens with zero attached hydrogens (tertiary/aromatic N) is 1. The number of nitrogens with one attached hydrogen (secondary N) is 1. The van der Waals surface area contributed by atoms with Crippen LogP contribution >= 0.6 is 0 Å². The molecule has 0 bridgehead atoms. The third-order valence-electron chi connectivity index (χ3n) is 3.52. The van der Waals surface area contributed by atoms with Crippen molar-refractivity contribution in [1.29, 1.82) is 0 Å². The summed E-state index contributed by atoms with van der Waals surface area (Å²) in [6.07, 6.45) is 8.25. The molecule has 1 aromatic rings. The van der Waals surface area contributed by atoms with Crippen LogP contribution in [0, 0.1) is 0 Å². The Kier molecular flexibility index (Phi) is 6.33. The lowest BCUT2D eigenvalue weighted by atomic mass is 9.88. The Labute approximate surface area is 119 Å². The fourth-order valence-electron chi connectivity index (χ4n) is 2.22. The fourth-order valence-corrected chi connectivity index (χ4v) is 2.22. The van der Waals surface area contributed by atoms with Crippen LogP contribution in [0.15, 0.2) is 18.3 Å². The molecule has 0 spiro atoms. The van der Waals surface area contributed by atoms with E-state index in [9.17, 15) is 0 Å². The van der Waals surface area contributed by atoms with E-state index >= 15 is 0 Å². The van der Waals surface area contributed by atoms with Crippen LogP contribution in [-0.4, -0.2) is 11.0 Å². The molecule has 0 aromatic carbocycles. The first-order chi connectivity index (χ1) is 8.97. The zero-order valence-corrected chi connectivity index (χ0v) is 13.3. The maximum atomic E-state index is 4.56. The molecule has 2 heteroatoms. The van der Waals surface area contributed by atoms with Gasteiger partial charge in [0.05, 0.1) is 0 Å². The highest BCUT2D eigenvalue weighted by Crippen LogP contribution is 2.22. The van der Waals surface area contributed by atoms with Crippen LogP contribution in [0.1, 0.15) is 72.3 Å². The number of hydrogen-bond acceptors (Lipinski definition) is 2. The Balaban J connectivity index is 2.64. The van der Waals surface area contributed by atoms with Gasteiger partial charge in [0, 0.05) is 12.2 Å². The van der Waals surface area contributed by atoms with E-state index in [2.05, 4.69) is 57.1 Å². The van der Waals surface area contributed by atoms with Crippen LogP contribution in [0.5, 0.6) is 0 Å². The Morgan fingerprint density at radius 3 is 2.32 bits per heavy atom. The monoisotopic (exact) mass is 262 g/mol. The molecule has 1 atom stereocenters. The molecular formula is C17H30N2. The quantitative estimate of drug-likeness (QED) is 0.735. The van der Waals surface area contributed by atoms with Crippen molar-refractivity contribution in [3.63, 3.8) is 0 Å². The Morgan fingerprint density at radius 1 is 1.11 bits per heavy atom. The van der Waals surface area contributed by atoms with Gasteiger partial charge in [0.2, 0.25) is 0 Å². The molecule has 0 aliphatic carbocycles. The highest BCUT2D eigenvalue weighted by atomic mass is 15.0. The predicted molar refractivity (Wildman–Crippen MR) is 84.8 cm³/mol. The second kappa shape index (κ2) is 7.52. The third-order valence-corrected chi connectivity index (χ3v) is 3.52. The van der Waals surface area contributed by atoms with Crippen molar-refractivity contribution in [3.05, 3.63) is 23.9 Å². The summed E-state index contributed by atoms with van der Waals surface area (Å²) in [5.41, 5.74) is 1.47. The summed E-state index contributed by atoms with van der Waals surface area (Å²) >= 11 is 0. The Bertz CT molecular complexity index is 349. The first kappa shape index (κ1) is 16.0. The lowest BCUT2D eigenvalue weighted by Crippen LogP contribution is -2.20. The van der Waals surface area contributed by atoms with E-state index in [-0.39, 0.29) is 5.41 Å². The van der Waals surface area contributed by atoms with Gasteiger partial charge in [-0.15, -0.1) is 0 Å². The van der Waals surface area contributed by atoms with Crippen molar-refractivity contribution in [3.8, 4) is 0 Å². The summed E-state index contributed by atoms with van der Waals surface area (Å²) in [6, 6.07) is 4.88.